The topological polar surface area (TPSA) is 37.2 Å². The number of pyridine rings is 1. The Morgan fingerprint density at radius 1 is 0.848 bits per heavy atom. The van der Waals surface area contributed by atoms with E-state index in [1.807, 2.05) is 39.3 Å². The number of aromatic nitrogens is 3. The average molecular weight is 448 g/mol. The predicted molar refractivity (Wildman–Crippen MR) is 127 cm³/mol. The molecule has 0 amide bonds. The first kappa shape index (κ1) is 22.8. The molecule has 0 aliphatic carbocycles. The van der Waals surface area contributed by atoms with E-state index in [0.29, 0.717) is 17.8 Å². The van der Waals surface area contributed by atoms with Crippen molar-refractivity contribution in [2.45, 2.75) is 6.54 Å². The van der Waals surface area contributed by atoms with Crippen molar-refractivity contribution in [3.63, 3.8) is 0 Å². The van der Waals surface area contributed by atoms with Crippen LogP contribution in [0.5, 0.6) is 0 Å². The second-order valence-corrected chi connectivity index (χ2v) is 8.36. The standard InChI is InChI=1S/C26H27F2N5/c1-31(2)14-15-32(3)18-20-16-30-33(26(20)23-6-4-5-7-24(23)28)22-12-13-25(29-17-22)19-8-10-21(27)11-9-19/h4-13,16-17H,14-15,18H2,1-3H3. The third kappa shape index (κ3) is 5.32. The minimum Gasteiger partial charge on any atom is -0.308 e. The van der Waals surface area contributed by atoms with Gasteiger partial charge in [-0.2, -0.15) is 5.10 Å². The molecule has 0 fully saturated rings. The lowest BCUT2D eigenvalue weighted by molar-refractivity contribution is 0.276. The fourth-order valence-corrected chi connectivity index (χ4v) is 3.68. The van der Waals surface area contributed by atoms with Crippen LogP contribution in [-0.2, 0) is 6.54 Å². The van der Waals surface area contributed by atoms with Gasteiger partial charge in [0.15, 0.2) is 0 Å². The lowest BCUT2D eigenvalue weighted by Gasteiger charge is -2.20. The number of rotatable bonds is 8. The summed E-state index contributed by atoms with van der Waals surface area (Å²) in [5, 5.41) is 4.59. The summed E-state index contributed by atoms with van der Waals surface area (Å²) < 4.78 is 29.8. The molecule has 0 atom stereocenters. The first-order chi connectivity index (χ1) is 15.9. The summed E-state index contributed by atoms with van der Waals surface area (Å²) in [5.41, 5.74) is 4.41. The third-order valence-electron chi connectivity index (χ3n) is 5.48. The fraction of sp³-hybridized carbons (Fsp3) is 0.231. The maximum Gasteiger partial charge on any atom is 0.132 e. The van der Waals surface area contributed by atoms with Gasteiger partial charge in [-0.3, -0.25) is 4.98 Å². The van der Waals surface area contributed by atoms with E-state index < -0.39 is 0 Å². The molecule has 5 nitrogen and oxygen atoms in total. The molecule has 2 aromatic heterocycles. The monoisotopic (exact) mass is 447 g/mol. The lowest BCUT2D eigenvalue weighted by atomic mass is 10.1. The summed E-state index contributed by atoms with van der Waals surface area (Å²) in [6, 6.07) is 16.7. The quantitative estimate of drug-likeness (QED) is 0.386. The van der Waals surface area contributed by atoms with Crippen LogP contribution in [0.2, 0.25) is 0 Å². The maximum absolute atomic E-state index is 14.8. The molecule has 4 aromatic rings. The molecule has 0 bridgehead atoms. The molecule has 2 heterocycles. The van der Waals surface area contributed by atoms with Gasteiger partial charge in [-0.05, 0) is 69.7 Å². The molecule has 0 unspecified atom stereocenters. The highest BCUT2D eigenvalue weighted by molar-refractivity contribution is 5.67. The number of hydrogen-bond acceptors (Lipinski definition) is 4. The van der Waals surface area contributed by atoms with Gasteiger partial charge in [-0.15, -0.1) is 0 Å². The van der Waals surface area contributed by atoms with E-state index in [9.17, 15) is 8.78 Å². The predicted octanol–water partition coefficient (Wildman–Crippen LogP) is 4.87. The second kappa shape index (κ2) is 10.0. The molecule has 7 heteroatoms. The first-order valence-corrected chi connectivity index (χ1v) is 10.8. The van der Waals surface area contributed by atoms with Crippen molar-refractivity contribution in [1.82, 2.24) is 24.6 Å². The number of halogens is 2. The fourth-order valence-electron chi connectivity index (χ4n) is 3.68. The van der Waals surface area contributed by atoms with Crippen molar-refractivity contribution in [3.8, 4) is 28.2 Å². The van der Waals surface area contributed by atoms with Crippen LogP contribution < -0.4 is 0 Å². The number of likely N-dealkylation sites (N-methyl/N-ethyl adjacent to an activating group) is 2. The summed E-state index contributed by atoms with van der Waals surface area (Å²) in [6.45, 7) is 2.44. The second-order valence-electron chi connectivity index (χ2n) is 8.36. The van der Waals surface area contributed by atoms with Crippen molar-refractivity contribution in [3.05, 3.63) is 90.3 Å². The first-order valence-electron chi connectivity index (χ1n) is 10.8. The highest BCUT2D eigenvalue weighted by atomic mass is 19.1. The molecule has 0 spiro atoms. The molecule has 0 aliphatic rings. The van der Waals surface area contributed by atoms with Gasteiger partial charge in [0.1, 0.15) is 11.6 Å². The number of hydrogen-bond donors (Lipinski definition) is 0. The molecular weight excluding hydrogens is 420 g/mol. The van der Waals surface area contributed by atoms with E-state index in [1.54, 1.807) is 41.3 Å². The van der Waals surface area contributed by atoms with E-state index in [-0.39, 0.29) is 11.6 Å². The maximum atomic E-state index is 14.8. The summed E-state index contributed by atoms with van der Waals surface area (Å²) in [4.78, 5) is 8.87. The van der Waals surface area contributed by atoms with Crippen LogP contribution >= 0.6 is 0 Å². The van der Waals surface area contributed by atoms with Crippen molar-refractivity contribution >= 4 is 0 Å². The Bertz CT molecular complexity index is 1200. The van der Waals surface area contributed by atoms with Gasteiger partial charge in [0.05, 0.1) is 29.5 Å². The average Bonchev–Trinajstić information content (AvgIpc) is 3.22. The zero-order valence-corrected chi connectivity index (χ0v) is 19.0. The molecular formula is C26H27F2N5. The highest BCUT2D eigenvalue weighted by Crippen LogP contribution is 2.30. The molecule has 33 heavy (non-hydrogen) atoms. The van der Waals surface area contributed by atoms with E-state index in [1.165, 1.54) is 18.2 Å². The Morgan fingerprint density at radius 3 is 2.27 bits per heavy atom. The zero-order chi connectivity index (χ0) is 23.4. The van der Waals surface area contributed by atoms with Gasteiger partial charge in [-0.1, -0.05) is 12.1 Å². The van der Waals surface area contributed by atoms with Crippen molar-refractivity contribution < 1.29 is 8.78 Å². The Morgan fingerprint density at radius 2 is 1.61 bits per heavy atom. The Kier molecular flexibility index (Phi) is 6.91. The zero-order valence-electron chi connectivity index (χ0n) is 19.0. The molecule has 0 saturated carbocycles. The molecule has 170 valence electrons. The number of benzene rings is 2. The largest absolute Gasteiger partial charge is 0.308 e. The summed E-state index contributed by atoms with van der Waals surface area (Å²) in [5.74, 6) is -0.586. The van der Waals surface area contributed by atoms with Gasteiger partial charge in [0.25, 0.3) is 0 Å². The Hall–Kier alpha value is -3.42. The van der Waals surface area contributed by atoms with Crippen LogP contribution in [-0.4, -0.2) is 58.8 Å². The van der Waals surface area contributed by atoms with Crippen LogP contribution in [0.3, 0.4) is 0 Å². The van der Waals surface area contributed by atoms with Crippen LogP contribution in [0.25, 0.3) is 28.2 Å². The van der Waals surface area contributed by atoms with Crippen LogP contribution in [0, 0.1) is 11.6 Å². The minimum absolute atomic E-state index is 0.287. The minimum atomic E-state index is -0.299. The highest BCUT2D eigenvalue weighted by Gasteiger charge is 2.19. The molecule has 2 aromatic carbocycles. The molecule has 0 saturated heterocycles. The Balaban J connectivity index is 1.70. The Labute approximate surface area is 192 Å². The van der Waals surface area contributed by atoms with Crippen molar-refractivity contribution in [2.24, 2.45) is 0 Å². The summed E-state index contributed by atoms with van der Waals surface area (Å²) in [7, 11) is 6.13. The summed E-state index contributed by atoms with van der Waals surface area (Å²) >= 11 is 0. The SMILES string of the molecule is CN(C)CCN(C)Cc1cnn(-c2ccc(-c3ccc(F)cc3)nc2)c1-c1ccccc1F. The van der Waals surface area contributed by atoms with Gasteiger partial charge in [0, 0.05) is 36.3 Å². The van der Waals surface area contributed by atoms with E-state index in [4.69, 9.17) is 0 Å². The van der Waals surface area contributed by atoms with Crippen molar-refractivity contribution in [2.75, 3.05) is 34.2 Å². The normalized spacial score (nSPS) is 11.5. The third-order valence-corrected chi connectivity index (χ3v) is 5.48. The van der Waals surface area contributed by atoms with Crippen molar-refractivity contribution in [1.29, 1.82) is 0 Å². The van der Waals surface area contributed by atoms with Gasteiger partial charge in [0.2, 0.25) is 0 Å². The van der Waals surface area contributed by atoms with E-state index >= 15 is 0 Å². The molecule has 0 N–H and O–H groups in total. The van der Waals surface area contributed by atoms with Crippen LogP contribution in [0.4, 0.5) is 8.78 Å². The van der Waals surface area contributed by atoms with Gasteiger partial charge in [-0.25, -0.2) is 13.5 Å². The molecule has 0 aliphatic heterocycles. The molecule has 4 rings (SSSR count). The van der Waals surface area contributed by atoms with E-state index in [0.717, 1.165) is 35.6 Å². The van der Waals surface area contributed by atoms with Gasteiger partial charge >= 0.3 is 0 Å². The van der Waals surface area contributed by atoms with Crippen LogP contribution in [0.1, 0.15) is 5.56 Å². The summed E-state index contributed by atoms with van der Waals surface area (Å²) in [6.07, 6.45) is 3.50. The number of nitrogens with zero attached hydrogens (tertiary/aromatic N) is 5. The lowest BCUT2D eigenvalue weighted by Crippen LogP contribution is -2.28. The smallest absolute Gasteiger partial charge is 0.132 e. The van der Waals surface area contributed by atoms with Gasteiger partial charge < -0.3 is 9.80 Å². The van der Waals surface area contributed by atoms with Crippen LogP contribution in [0.15, 0.2) is 73.1 Å². The van der Waals surface area contributed by atoms with E-state index in [2.05, 4.69) is 19.9 Å². The molecule has 0 radical (unpaired) electrons.